The number of rotatable bonds is 6. The highest BCUT2D eigenvalue weighted by Crippen LogP contribution is 2.21. The number of amides is 1. The minimum atomic E-state index is -0.511. The van der Waals surface area contributed by atoms with Crippen molar-refractivity contribution in [2.45, 2.75) is 32.8 Å². The van der Waals surface area contributed by atoms with Crippen LogP contribution < -0.4 is 5.32 Å². The van der Waals surface area contributed by atoms with Crippen molar-refractivity contribution < 1.29 is 9.90 Å². The van der Waals surface area contributed by atoms with Gasteiger partial charge >= 0.3 is 0 Å². The van der Waals surface area contributed by atoms with Crippen molar-refractivity contribution >= 4 is 29.1 Å². The second-order valence-corrected chi connectivity index (χ2v) is 5.69. The number of aliphatic hydroxyl groups excluding tert-OH is 1. The molecular formula is C14H19Cl2NO2. The van der Waals surface area contributed by atoms with Gasteiger partial charge in [0.05, 0.1) is 6.10 Å². The first kappa shape index (κ1) is 16.3. The maximum Gasteiger partial charge on any atom is 0.220 e. The van der Waals surface area contributed by atoms with Gasteiger partial charge in [0.15, 0.2) is 0 Å². The molecule has 0 spiro atoms. The quantitative estimate of drug-likeness (QED) is 0.848. The van der Waals surface area contributed by atoms with Gasteiger partial charge in [-0.3, -0.25) is 4.79 Å². The van der Waals surface area contributed by atoms with Gasteiger partial charge in [-0.25, -0.2) is 0 Å². The zero-order valence-corrected chi connectivity index (χ0v) is 12.6. The van der Waals surface area contributed by atoms with Gasteiger partial charge in [-0.1, -0.05) is 43.1 Å². The Hall–Kier alpha value is -0.770. The third-order valence-electron chi connectivity index (χ3n) is 2.91. The average Bonchev–Trinajstić information content (AvgIpc) is 2.34. The second kappa shape index (κ2) is 7.73. The smallest absolute Gasteiger partial charge is 0.220 e. The first-order valence-corrected chi connectivity index (χ1v) is 7.04. The summed E-state index contributed by atoms with van der Waals surface area (Å²) in [5, 5.41) is 13.4. The molecule has 1 aromatic rings. The summed E-state index contributed by atoms with van der Waals surface area (Å²) in [6.45, 7) is 4.10. The summed E-state index contributed by atoms with van der Waals surface area (Å²) in [5.41, 5.74) is 0.894. The molecule has 1 atom stereocenters. The van der Waals surface area contributed by atoms with Crippen molar-refractivity contribution in [2.75, 3.05) is 6.54 Å². The van der Waals surface area contributed by atoms with Crippen LogP contribution in [0.1, 0.15) is 25.8 Å². The molecule has 0 saturated carbocycles. The molecule has 1 rings (SSSR count). The number of aliphatic hydroxyl groups is 1. The van der Waals surface area contributed by atoms with Crippen LogP contribution in [0.25, 0.3) is 0 Å². The number of benzene rings is 1. The van der Waals surface area contributed by atoms with E-state index in [1.807, 2.05) is 19.9 Å². The summed E-state index contributed by atoms with van der Waals surface area (Å²) in [5.74, 6) is 0.0386. The molecule has 3 nitrogen and oxygen atoms in total. The molecule has 1 unspecified atom stereocenters. The monoisotopic (exact) mass is 303 g/mol. The van der Waals surface area contributed by atoms with Gasteiger partial charge in [-0.15, -0.1) is 0 Å². The van der Waals surface area contributed by atoms with E-state index in [1.165, 1.54) is 0 Å². The van der Waals surface area contributed by atoms with E-state index < -0.39 is 6.10 Å². The van der Waals surface area contributed by atoms with E-state index in [1.54, 1.807) is 12.1 Å². The topological polar surface area (TPSA) is 49.3 Å². The van der Waals surface area contributed by atoms with Crippen LogP contribution in [0, 0.1) is 5.92 Å². The molecular weight excluding hydrogens is 285 g/mol. The van der Waals surface area contributed by atoms with Crippen LogP contribution in [-0.4, -0.2) is 23.7 Å². The minimum absolute atomic E-state index is 0.0919. The number of halogens is 2. The summed E-state index contributed by atoms with van der Waals surface area (Å²) >= 11 is 11.8. The van der Waals surface area contributed by atoms with Crippen LogP contribution in [0.5, 0.6) is 0 Å². The summed E-state index contributed by atoms with van der Waals surface area (Å²) in [6, 6.07) is 5.24. The minimum Gasteiger partial charge on any atom is -0.391 e. The Bertz CT molecular complexity index is 435. The second-order valence-electron chi connectivity index (χ2n) is 4.85. The van der Waals surface area contributed by atoms with Crippen LogP contribution in [-0.2, 0) is 11.2 Å². The zero-order valence-electron chi connectivity index (χ0n) is 11.1. The molecule has 1 aromatic carbocycles. The van der Waals surface area contributed by atoms with Gasteiger partial charge < -0.3 is 10.4 Å². The molecule has 106 valence electrons. The van der Waals surface area contributed by atoms with Crippen LogP contribution >= 0.6 is 23.2 Å². The standard InChI is InChI=1S/C14H19Cl2NO2/c1-9(2)13(18)8-17-14(19)6-4-10-3-5-11(15)7-12(10)16/h3,5,7,9,13,18H,4,6,8H2,1-2H3,(H,17,19). The van der Waals surface area contributed by atoms with Gasteiger partial charge in [0.25, 0.3) is 0 Å². The molecule has 0 saturated heterocycles. The normalized spacial score (nSPS) is 12.5. The zero-order chi connectivity index (χ0) is 14.4. The number of aryl methyl sites for hydroxylation is 1. The highest BCUT2D eigenvalue weighted by Gasteiger charge is 2.11. The van der Waals surface area contributed by atoms with E-state index in [-0.39, 0.29) is 18.4 Å². The largest absolute Gasteiger partial charge is 0.391 e. The van der Waals surface area contributed by atoms with Gasteiger partial charge in [0, 0.05) is 23.0 Å². The molecule has 2 N–H and O–H groups in total. The van der Waals surface area contributed by atoms with Crippen molar-refractivity contribution in [3.63, 3.8) is 0 Å². The van der Waals surface area contributed by atoms with Gasteiger partial charge in [-0.2, -0.15) is 0 Å². The molecule has 0 aliphatic rings. The number of carbonyl (C=O) groups is 1. The summed E-state index contributed by atoms with van der Waals surface area (Å²) in [6.07, 6.45) is 0.384. The predicted octanol–water partition coefficient (Wildman–Crippen LogP) is 3.06. The predicted molar refractivity (Wildman–Crippen MR) is 78.6 cm³/mol. The SMILES string of the molecule is CC(C)C(O)CNC(=O)CCc1ccc(Cl)cc1Cl. The summed E-state index contributed by atoms with van der Waals surface area (Å²) in [7, 11) is 0. The molecule has 0 heterocycles. The van der Waals surface area contributed by atoms with Crippen LogP contribution in [0.3, 0.4) is 0 Å². The van der Waals surface area contributed by atoms with E-state index in [0.717, 1.165) is 5.56 Å². The Morgan fingerprint density at radius 2 is 2.05 bits per heavy atom. The fourth-order valence-electron chi connectivity index (χ4n) is 1.52. The fraction of sp³-hybridized carbons (Fsp3) is 0.500. The summed E-state index contributed by atoms with van der Waals surface area (Å²) < 4.78 is 0. The highest BCUT2D eigenvalue weighted by atomic mass is 35.5. The average molecular weight is 304 g/mol. The van der Waals surface area contributed by atoms with E-state index in [0.29, 0.717) is 22.9 Å². The molecule has 0 fully saturated rings. The Morgan fingerprint density at radius 3 is 2.63 bits per heavy atom. The molecule has 0 bridgehead atoms. The number of hydrogen-bond acceptors (Lipinski definition) is 2. The molecule has 19 heavy (non-hydrogen) atoms. The van der Waals surface area contributed by atoms with Crippen molar-refractivity contribution in [2.24, 2.45) is 5.92 Å². The highest BCUT2D eigenvalue weighted by molar-refractivity contribution is 6.35. The lowest BCUT2D eigenvalue weighted by Gasteiger charge is -2.15. The molecule has 0 aromatic heterocycles. The maximum atomic E-state index is 11.6. The van der Waals surface area contributed by atoms with E-state index in [9.17, 15) is 9.90 Å². The lowest BCUT2D eigenvalue weighted by atomic mass is 10.1. The molecule has 0 aliphatic heterocycles. The lowest BCUT2D eigenvalue weighted by molar-refractivity contribution is -0.121. The van der Waals surface area contributed by atoms with E-state index in [2.05, 4.69) is 5.32 Å². The van der Waals surface area contributed by atoms with E-state index >= 15 is 0 Å². The maximum absolute atomic E-state index is 11.6. The number of hydrogen-bond donors (Lipinski definition) is 2. The van der Waals surface area contributed by atoms with Gasteiger partial charge in [0.2, 0.25) is 5.91 Å². The van der Waals surface area contributed by atoms with Crippen LogP contribution in [0.4, 0.5) is 0 Å². The number of carbonyl (C=O) groups excluding carboxylic acids is 1. The Balaban J connectivity index is 2.38. The van der Waals surface area contributed by atoms with Crippen LogP contribution in [0.2, 0.25) is 10.0 Å². The molecule has 1 amide bonds. The first-order chi connectivity index (χ1) is 8.90. The van der Waals surface area contributed by atoms with Gasteiger partial charge in [-0.05, 0) is 30.0 Å². The number of nitrogens with one attached hydrogen (secondary N) is 1. The van der Waals surface area contributed by atoms with Crippen LogP contribution in [0.15, 0.2) is 18.2 Å². The third kappa shape index (κ3) is 5.81. The molecule has 0 aliphatic carbocycles. The van der Waals surface area contributed by atoms with Crippen molar-refractivity contribution in [3.8, 4) is 0 Å². The Morgan fingerprint density at radius 1 is 1.37 bits per heavy atom. The van der Waals surface area contributed by atoms with Crippen molar-refractivity contribution in [1.29, 1.82) is 0 Å². The molecule has 0 radical (unpaired) electrons. The van der Waals surface area contributed by atoms with Gasteiger partial charge in [0.1, 0.15) is 0 Å². The van der Waals surface area contributed by atoms with E-state index in [4.69, 9.17) is 23.2 Å². The first-order valence-electron chi connectivity index (χ1n) is 6.29. The van der Waals surface area contributed by atoms with Crippen molar-refractivity contribution in [1.82, 2.24) is 5.32 Å². The Kier molecular flexibility index (Phi) is 6.63. The fourth-order valence-corrected chi connectivity index (χ4v) is 2.02. The Labute approximate surface area is 123 Å². The lowest BCUT2D eigenvalue weighted by Crippen LogP contribution is -2.34. The third-order valence-corrected chi connectivity index (χ3v) is 3.50. The summed E-state index contributed by atoms with van der Waals surface area (Å²) in [4.78, 5) is 11.6. The van der Waals surface area contributed by atoms with Crippen molar-refractivity contribution in [3.05, 3.63) is 33.8 Å². The molecule has 5 heteroatoms.